The molecular formula is C17H19F2N5O. The van der Waals surface area contributed by atoms with E-state index in [1.165, 1.54) is 12.4 Å². The van der Waals surface area contributed by atoms with Gasteiger partial charge in [0.15, 0.2) is 0 Å². The maximum atomic E-state index is 13.8. The molecule has 0 bridgehead atoms. The number of hydrogen-bond acceptors (Lipinski definition) is 3. The number of amides is 1. The van der Waals surface area contributed by atoms with E-state index >= 15 is 0 Å². The summed E-state index contributed by atoms with van der Waals surface area (Å²) in [6.45, 7) is 2.86. The summed E-state index contributed by atoms with van der Waals surface area (Å²) in [4.78, 5) is 18.7. The van der Waals surface area contributed by atoms with Gasteiger partial charge in [-0.05, 0) is 31.4 Å². The van der Waals surface area contributed by atoms with Crippen LogP contribution in [0, 0.1) is 18.6 Å². The van der Waals surface area contributed by atoms with Gasteiger partial charge in [0, 0.05) is 36.7 Å². The number of rotatable bonds is 7. The quantitative estimate of drug-likeness (QED) is 0.689. The highest BCUT2D eigenvalue weighted by Crippen LogP contribution is 2.25. The molecule has 0 spiro atoms. The Labute approximate surface area is 143 Å². The minimum atomic E-state index is -0.610. The van der Waals surface area contributed by atoms with Crippen LogP contribution in [0.5, 0.6) is 0 Å². The number of aryl methyl sites for hydroxylation is 2. The molecule has 0 saturated heterocycles. The van der Waals surface area contributed by atoms with Crippen LogP contribution in [0.4, 0.5) is 8.78 Å². The van der Waals surface area contributed by atoms with E-state index in [0.717, 1.165) is 17.3 Å². The second-order valence-electron chi connectivity index (χ2n) is 5.90. The smallest absolute Gasteiger partial charge is 0.220 e. The average Bonchev–Trinajstić information content (AvgIpc) is 3.17. The monoisotopic (exact) mass is 347 g/mol. The van der Waals surface area contributed by atoms with Crippen molar-refractivity contribution in [2.24, 2.45) is 0 Å². The molecule has 0 aliphatic heterocycles. The molecule has 3 aromatic rings. The molecular weight excluding hydrogens is 328 g/mol. The van der Waals surface area contributed by atoms with Gasteiger partial charge in [-0.25, -0.2) is 13.8 Å². The SMILES string of the molecule is Cc1[nH]c2c(F)cc(F)cc2c1CCNC(=O)CCCn1cncn1. The Balaban J connectivity index is 1.52. The number of aromatic nitrogens is 4. The molecule has 25 heavy (non-hydrogen) atoms. The highest BCUT2D eigenvalue weighted by molar-refractivity contribution is 5.85. The fourth-order valence-corrected chi connectivity index (χ4v) is 2.89. The van der Waals surface area contributed by atoms with Gasteiger partial charge in [-0.1, -0.05) is 0 Å². The molecule has 0 fully saturated rings. The van der Waals surface area contributed by atoms with E-state index in [-0.39, 0.29) is 5.91 Å². The molecule has 0 unspecified atom stereocenters. The first-order chi connectivity index (χ1) is 12.0. The fourth-order valence-electron chi connectivity index (χ4n) is 2.89. The van der Waals surface area contributed by atoms with E-state index in [0.29, 0.717) is 43.3 Å². The largest absolute Gasteiger partial charge is 0.356 e. The van der Waals surface area contributed by atoms with Crippen molar-refractivity contribution < 1.29 is 13.6 Å². The first kappa shape index (κ1) is 17.1. The second-order valence-corrected chi connectivity index (χ2v) is 5.90. The highest BCUT2D eigenvalue weighted by Gasteiger charge is 2.13. The predicted molar refractivity (Wildman–Crippen MR) is 88.9 cm³/mol. The van der Waals surface area contributed by atoms with Crippen LogP contribution >= 0.6 is 0 Å². The maximum Gasteiger partial charge on any atom is 0.220 e. The van der Waals surface area contributed by atoms with E-state index in [4.69, 9.17) is 0 Å². The number of carbonyl (C=O) groups is 1. The fraction of sp³-hybridized carbons (Fsp3) is 0.353. The topological polar surface area (TPSA) is 75.6 Å². The van der Waals surface area contributed by atoms with Crippen molar-refractivity contribution in [2.75, 3.05) is 6.54 Å². The molecule has 0 atom stereocenters. The van der Waals surface area contributed by atoms with Gasteiger partial charge < -0.3 is 10.3 Å². The van der Waals surface area contributed by atoms with E-state index < -0.39 is 11.6 Å². The third-order valence-electron chi connectivity index (χ3n) is 4.10. The van der Waals surface area contributed by atoms with E-state index in [2.05, 4.69) is 20.4 Å². The lowest BCUT2D eigenvalue weighted by Crippen LogP contribution is -2.25. The van der Waals surface area contributed by atoms with Crippen LogP contribution in [-0.4, -0.2) is 32.2 Å². The summed E-state index contributed by atoms with van der Waals surface area (Å²) in [5.74, 6) is -1.28. The molecule has 3 rings (SSSR count). The standard InChI is InChI=1S/C17H19F2N5O/c1-11-13(14-7-12(18)8-15(19)17(14)23-11)4-5-21-16(25)3-2-6-24-10-20-9-22-24/h7-10,23H,2-6H2,1H3,(H,21,25). The summed E-state index contributed by atoms with van der Waals surface area (Å²) in [5.41, 5.74) is 1.89. The Hall–Kier alpha value is -2.77. The molecule has 2 heterocycles. The molecule has 1 aromatic carbocycles. The van der Waals surface area contributed by atoms with E-state index in [1.807, 2.05) is 6.92 Å². The lowest BCUT2D eigenvalue weighted by molar-refractivity contribution is -0.121. The lowest BCUT2D eigenvalue weighted by Gasteiger charge is -2.06. The lowest BCUT2D eigenvalue weighted by atomic mass is 10.1. The third kappa shape index (κ3) is 4.01. The molecule has 2 N–H and O–H groups in total. The van der Waals surface area contributed by atoms with Crippen LogP contribution in [0.2, 0.25) is 0 Å². The molecule has 0 radical (unpaired) electrons. The van der Waals surface area contributed by atoms with Crippen molar-refractivity contribution in [1.82, 2.24) is 25.1 Å². The Kier molecular flexibility index (Phi) is 5.06. The highest BCUT2D eigenvalue weighted by atomic mass is 19.1. The summed E-state index contributed by atoms with van der Waals surface area (Å²) in [6.07, 6.45) is 4.61. The number of nitrogens with one attached hydrogen (secondary N) is 2. The summed E-state index contributed by atoms with van der Waals surface area (Å²) in [6, 6.07) is 2.18. The zero-order valence-electron chi connectivity index (χ0n) is 13.9. The normalized spacial score (nSPS) is 11.2. The summed E-state index contributed by atoms with van der Waals surface area (Å²) < 4.78 is 28.9. The zero-order valence-corrected chi connectivity index (χ0v) is 13.9. The van der Waals surface area contributed by atoms with Gasteiger partial charge in [0.05, 0.1) is 5.52 Å². The number of H-pyrrole nitrogens is 1. The first-order valence-corrected chi connectivity index (χ1v) is 8.10. The number of benzene rings is 1. The molecule has 2 aromatic heterocycles. The van der Waals surface area contributed by atoms with Gasteiger partial charge in [-0.15, -0.1) is 0 Å². The molecule has 0 aliphatic rings. The third-order valence-corrected chi connectivity index (χ3v) is 4.10. The van der Waals surface area contributed by atoms with Gasteiger partial charge in [0.25, 0.3) is 0 Å². The van der Waals surface area contributed by atoms with Crippen molar-refractivity contribution in [3.8, 4) is 0 Å². The van der Waals surface area contributed by atoms with Crippen molar-refractivity contribution in [1.29, 1.82) is 0 Å². The van der Waals surface area contributed by atoms with Crippen LogP contribution in [0.25, 0.3) is 10.9 Å². The first-order valence-electron chi connectivity index (χ1n) is 8.10. The van der Waals surface area contributed by atoms with Crippen LogP contribution in [0.15, 0.2) is 24.8 Å². The number of halogens is 2. The number of nitrogens with zero attached hydrogens (tertiary/aromatic N) is 3. The molecule has 0 aliphatic carbocycles. The van der Waals surface area contributed by atoms with Gasteiger partial charge in [0.2, 0.25) is 5.91 Å². The van der Waals surface area contributed by atoms with E-state index in [9.17, 15) is 13.6 Å². The number of carbonyl (C=O) groups excluding carboxylic acids is 1. The van der Waals surface area contributed by atoms with Gasteiger partial charge in [-0.2, -0.15) is 5.10 Å². The Bertz CT molecular complexity index is 873. The molecule has 8 heteroatoms. The molecule has 132 valence electrons. The number of hydrogen-bond donors (Lipinski definition) is 2. The van der Waals surface area contributed by atoms with Crippen molar-refractivity contribution in [2.45, 2.75) is 32.7 Å². The molecule has 1 amide bonds. The van der Waals surface area contributed by atoms with Crippen LogP contribution < -0.4 is 5.32 Å². The Morgan fingerprint density at radius 1 is 1.36 bits per heavy atom. The number of aromatic amines is 1. The van der Waals surface area contributed by atoms with Gasteiger partial charge >= 0.3 is 0 Å². The summed E-state index contributed by atoms with van der Waals surface area (Å²) in [7, 11) is 0. The van der Waals surface area contributed by atoms with Crippen molar-refractivity contribution in [3.05, 3.63) is 47.7 Å². The average molecular weight is 347 g/mol. The Morgan fingerprint density at radius 2 is 2.20 bits per heavy atom. The molecule has 6 nitrogen and oxygen atoms in total. The summed E-state index contributed by atoms with van der Waals surface area (Å²) in [5, 5.41) is 7.33. The van der Waals surface area contributed by atoms with Crippen molar-refractivity contribution in [3.63, 3.8) is 0 Å². The van der Waals surface area contributed by atoms with Gasteiger partial charge in [0.1, 0.15) is 24.3 Å². The van der Waals surface area contributed by atoms with E-state index in [1.54, 1.807) is 11.0 Å². The van der Waals surface area contributed by atoms with Crippen LogP contribution in [0.3, 0.4) is 0 Å². The molecule has 0 saturated carbocycles. The van der Waals surface area contributed by atoms with Gasteiger partial charge in [-0.3, -0.25) is 9.48 Å². The van der Waals surface area contributed by atoms with Crippen LogP contribution in [-0.2, 0) is 17.8 Å². The minimum Gasteiger partial charge on any atom is -0.356 e. The Morgan fingerprint density at radius 3 is 2.96 bits per heavy atom. The van der Waals surface area contributed by atoms with Crippen molar-refractivity contribution >= 4 is 16.8 Å². The second kappa shape index (κ2) is 7.42. The predicted octanol–water partition coefficient (Wildman–Crippen LogP) is 2.49. The van der Waals surface area contributed by atoms with Crippen LogP contribution in [0.1, 0.15) is 24.1 Å². The maximum absolute atomic E-state index is 13.8. The zero-order chi connectivity index (χ0) is 17.8. The number of fused-ring (bicyclic) bond motifs is 1. The summed E-state index contributed by atoms with van der Waals surface area (Å²) >= 11 is 0. The minimum absolute atomic E-state index is 0.0602.